The number of hydrogen-bond donors (Lipinski definition) is 7. The van der Waals surface area contributed by atoms with Crippen LogP contribution in [0.2, 0.25) is 0 Å². The number of ether oxygens (including phenoxy) is 4. The van der Waals surface area contributed by atoms with E-state index < -0.39 is 78.2 Å². The lowest BCUT2D eigenvalue weighted by atomic mass is 9.33. The summed E-state index contributed by atoms with van der Waals surface area (Å²) in [5.74, 6) is -0.139. The number of aliphatic hydroxyl groups is 6. The molecule has 0 amide bonds. The molecule has 12 heteroatoms. The van der Waals surface area contributed by atoms with Crippen molar-refractivity contribution in [3.63, 3.8) is 0 Å². The fourth-order valence-electron chi connectivity index (χ4n) is 13.3. The molecule has 7 aliphatic rings. The van der Waals surface area contributed by atoms with Crippen LogP contribution in [0.5, 0.6) is 0 Å². The summed E-state index contributed by atoms with van der Waals surface area (Å²) in [6, 6.07) is 0. The molecule has 7 rings (SSSR count). The van der Waals surface area contributed by atoms with Crippen molar-refractivity contribution in [2.24, 2.45) is 50.2 Å². The van der Waals surface area contributed by atoms with Gasteiger partial charge < -0.3 is 54.7 Å². The molecule has 2 aliphatic heterocycles. The van der Waals surface area contributed by atoms with Crippen molar-refractivity contribution in [3.8, 4) is 0 Å². The van der Waals surface area contributed by atoms with Gasteiger partial charge in [0.2, 0.25) is 0 Å². The van der Waals surface area contributed by atoms with E-state index in [9.17, 15) is 40.5 Å². The fraction of sp³-hybridized carbons (Fsp3) is 0.927. The first-order valence-electron chi connectivity index (χ1n) is 20.2. The van der Waals surface area contributed by atoms with E-state index in [1.54, 1.807) is 0 Å². The van der Waals surface area contributed by atoms with E-state index in [0.717, 1.165) is 51.4 Å². The molecular formula is C41H66O12. The molecule has 0 bridgehead atoms. The summed E-state index contributed by atoms with van der Waals surface area (Å²) >= 11 is 0. The molecule has 5 aliphatic carbocycles. The Morgan fingerprint density at radius 2 is 1.49 bits per heavy atom. The Hall–Kier alpha value is -1.19. The molecule has 0 aromatic heterocycles. The van der Waals surface area contributed by atoms with Crippen molar-refractivity contribution in [1.29, 1.82) is 0 Å². The molecule has 0 spiro atoms. The number of carboxylic acids is 1. The molecule has 0 aromatic rings. The van der Waals surface area contributed by atoms with Crippen molar-refractivity contribution < 1.29 is 59.5 Å². The normalized spacial score (nSPS) is 55.1. The molecular weight excluding hydrogens is 684 g/mol. The maximum absolute atomic E-state index is 13.0. The van der Waals surface area contributed by atoms with E-state index in [0.29, 0.717) is 18.8 Å². The second-order valence-electron chi connectivity index (χ2n) is 20.0. The van der Waals surface area contributed by atoms with Gasteiger partial charge in [-0.05, 0) is 111 Å². The molecule has 0 radical (unpaired) electrons. The molecule has 0 aromatic carbocycles. The molecule has 53 heavy (non-hydrogen) atoms. The van der Waals surface area contributed by atoms with E-state index in [1.807, 2.05) is 0 Å². The Balaban J connectivity index is 1.08. The highest BCUT2D eigenvalue weighted by Crippen LogP contribution is 2.76. The summed E-state index contributed by atoms with van der Waals surface area (Å²) < 4.78 is 23.8. The monoisotopic (exact) mass is 750 g/mol. The summed E-state index contributed by atoms with van der Waals surface area (Å²) in [5, 5.41) is 74.8. The van der Waals surface area contributed by atoms with E-state index in [-0.39, 0.29) is 46.7 Å². The van der Waals surface area contributed by atoms with Gasteiger partial charge in [0.25, 0.3) is 0 Å². The zero-order valence-corrected chi connectivity index (χ0v) is 32.7. The smallest absolute Gasteiger partial charge is 0.310 e. The third kappa shape index (κ3) is 5.85. The van der Waals surface area contributed by atoms with Crippen LogP contribution in [0.4, 0.5) is 0 Å². The van der Waals surface area contributed by atoms with Crippen LogP contribution < -0.4 is 0 Å². The Morgan fingerprint density at radius 3 is 2.17 bits per heavy atom. The molecule has 6 fully saturated rings. The predicted octanol–water partition coefficient (Wildman–Crippen LogP) is 3.52. The number of carboxylic acid groups (broad SMARTS) is 1. The molecule has 0 unspecified atom stereocenters. The van der Waals surface area contributed by atoms with Gasteiger partial charge in [-0.25, -0.2) is 0 Å². The van der Waals surface area contributed by atoms with Gasteiger partial charge >= 0.3 is 5.97 Å². The van der Waals surface area contributed by atoms with Crippen molar-refractivity contribution in [2.75, 3.05) is 13.2 Å². The van der Waals surface area contributed by atoms with E-state index in [2.05, 4.69) is 47.6 Å². The standard InChI is InChI=1S/C41H66O12/c1-21-28(43)30(45)32(47)34(51-21)52-24-19-50-33(31(46)29(24)44)53-27-11-12-37(4)25(38(27,5)20-42)10-13-40(7)26(37)9-8-22-23-18-36(2,3)14-16-41(23,35(48)49)17-15-39(22,40)6/h8,21,23-34,42-47H,9-20H2,1-7H3,(H,48,49)/t21-,23+,24-,25-,26+,27-,28+,29+,30+,31+,32+,33-,34-,37-,38-,39-,40+,41+/m1/s1. The van der Waals surface area contributed by atoms with Crippen LogP contribution in [-0.2, 0) is 23.7 Å². The Kier molecular flexibility index (Phi) is 10.2. The number of rotatable bonds is 6. The number of aliphatic hydroxyl groups excluding tert-OH is 6. The lowest BCUT2D eigenvalue weighted by Gasteiger charge is -2.71. The Morgan fingerprint density at radius 1 is 0.811 bits per heavy atom. The van der Waals surface area contributed by atoms with E-state index in [4.69, 9.17) is 18.9 Å². The number of carbonyl (C=O) groups is 1. The summed E-state index contributed by atoms with van der Waals surface area (Å²) in [4.78, 5) is 13.0. The second kappa shape index (κ2) is 13.5. The molecule has 4 saturated carbocycles. The zero-order chi connectivity index (χ0) is 38.7. The fourth-order valence-corrected chi connectivity index (χ4v) is 13.3. The third-order valence-electron chi connectivity index (χ3n) is 17.0. The first kappa shape index (κ1) is 40.0. The molecule has 7 N–H and O–H groups in total. The van der Waals surface area contributed by atoms with Crippen LogP contribution in [0.1, 0.15) is 113 Å². The third-order valence-corrected chi connectivity index (χ3v) is 17.0. The molecule has 302 valence electrons. The van der Waals surface area contributed by atoms with Crippen LogP contribution in [0, 0.1) is 50.2 Å². The Labute approximate surface area is 314 Å². The minimum Gasteiger partial charge on any atom is -0.481 e. The molecule has 2 saturated heterocycles. The van der Waals surface area contributed by atoms with Crippen molar-refractivity contribution in [1.82, 2.24) is 0 Å². The number of hydrogen-bond acceptors (Lipinski definition) is 11. The summed E-state index contributed by atoms with van der Waals surface area (Å²) in [5.41, 5.74) is -0.134. The van der Waals surface area contributed by atoms with Crippen molar-refractivity contribution in [2.45, 2.75) is 174 Å². The van der Waals surface area contributed by atoms with E-state index >= 15 is 0 Å². The highest BCUT2D eigenvalue weighted by atomic mass is 16.7. The highest BCUT2D eigenvalue weighted by molar-refractivity contribution is 5.76. The lowest BCUT2D eigenvalue weighted by molar-refractivity contribution is -0.350. The van der Waals surface area contributed by atoms with Crippen LogP contribution in [0.3, 0.4) is 0 Å². The van der Waals surface area contributed by atoms with Gasteiger partial charge in [0.1, 0.15) is 36.6 Å². The van der Waals surface area contributed by atoms with Crippen LogP contribution in [-0.4, -0.2) is 116 Å². The average Bonchev–Trinajstić information content (AvgIpc) is 3.10. The van der Waals surface area contributed by atoms with Gasteiger partial charge in [-0.2, -0.15) is 0 Å². The molecule has 18 atom stereocenters. The number of fused-ring (bicyclic) bond motifs is 7. The largest absolute Gasteiger partial charge is 0.481 e. The average molecular weight is 751 g/mol. The zero-order valence-electron chi connectivity index (χ0n) is 32.7. The topological polar surface area (TPSA) is 196 Å². The van der Waals surface area contributed by atoms with Gasteiger partial charge in [-0.3, -0.25) is 4.79 Å². The van der Waals surface area contributed by atoms with Gasteiger partial charge in [0.15, 0.2) is 12.6 Å². The molecule has 12 nitrogen and oxygen atoms in total. The van der Waals surface area contributed by atoms with Crippen molar-refractivity contribution >= 4 is 5.97 Å². The molecule has 2 heterocycles. The van der Waals surface area contributed by atoms with Gasteiger partial charge in [-0.1, -0.05) is 53.2 Å². The van der Waals surface area contributed by atoms with E-state index in [1.165, 1.54) is 12.5 Å². The lowest BCUT2D eigenvalue weighted by Crippen LogP contribution is -2.66. The number of allylic oxidation sites excluding steroid dienone is 2. The highest BCUT2D eigenvalue weighted by Gasteiger charge is 2.70. The summed E-state index contributed by atoms with van der Waals surface area (Å²) in [6.07, 6.45) is -1.40. The maximum atomic E-state index is 13.0. The summed E-state index contributed by atoms with van der Waals surface area (Å²) in [6.45, 7) is 15.2. The SMILES string of the molecule is C[C@H]1O[C@H](O[C@@H]2CO[C@H](O[C@@H]3CC[C@]4(C)[C@@H](CC[C@@]5(C)[C@H]4CC=C4[C@@H]6CC(C)(C)CC[C@]6(C(=O)O)CC[C@]45C)[C@@]3(C)CO)[C@@H](O)[C@H]2O)[C@@H](O)[C@@H](O)[C@H]1O. The maximum Gasteiger partial charge on any atom is 0.310 e. The minimum absolute atomic E-state index is 0.0397. The number of aliphatic carboxylic acids is 1. The van der Waals surface area contributed by atoms with Gasteiger partial charge in [0, 0.05) is 5.41 Å². The second-order valence-corrected chi connectivity index (χ2v) is 20.0. The summed E-state index contributed by atoms with van der Waals surface area (Å²) in [7, 11) is 0. The van der Waals surface area contributed by atoms with Crippen LogP contribution in [0.15, 0.2) is 11.6 Å². The van der Waals surface area contributed by atoms with Crippen LogP contribution >= 0.6 is 0 Å². The van der Waals surface area contributed by atoms with Crippen molar-refractivity contribution in [3.05, 3.63) is 11.6 Å². The quantitative estimate of drug-likeness (QED) is 0.155. The predicted molar refractivity (Wildman–Crippen MR) is 192 cm³/mol. The Bertz CT molecular complexity index is 1440. The van der Waals surface area contributed by atoms with Gasteiger partial charge in [0.05, 0.1) is 30.8 Å². The first-order chi connectivity index (χ1) is 24.7. The first-order valence-corrected chi connectivity index (χ1v) is 20.2. The van der Waals surface area contributed by atoms with Gasteiger partial charge in [-0.15, -0.1) is 0 Å². The minimum atomic E-state index is -1.57. The van der Waals surface area contributed by atoms with Crippen LogP contribution in [0.25, 0.3) is 0 Å².